The lowest BCUT2D eigenvalue weighted by Crippen LogP contribution is -2.14. The summed E-state index contributed by atoms with van der Waals surface area (Å²) >= 11 is 5.72. The summed E-state index contributed by atoms with van der Waals surface area (Å²) in [5.41, 5.74) is 3.71. The van der Waals surface area contributed by atoms with Gasteiger partial charge in [-0.15, -0.1) is 0 Å². The number of thiocarbonyl (C=S) groups is 1. The fourth-order valence-corrected chi connectivity index (χ4v) is 3.11. The lowest BCUT2D eigenvalue weighted by Gasteiger charge is -2.17. The number of H-pyrrole nitrogens is 1. The Bertz CT molecular complexity index is 891. The first-order chi connectivity index (χ1) is 12.5. The smallest absolute Gasteiger partial charge is 0.163 e. The Hall–Kier alpha value is -2.60. The number of fused-ring (bicyclic) bond motifs is 1. The molecule has 0 fully saturated rings. The fourth-order valence-electron chi connectivity index (χ4n) is 2.85. The van der Waals surface area contributed by atoms with E-state index in [1.54, 1.807) is 0 Å². The summed E-state index contributed by atoms with van der Waals surface area (Å²) in [6.45, 7) is 5.04. The third-order valence-electron chi connectivity index (χ3n) is 3.99. The van der Waals surface area contributed by atoms with Gasteiger partial charge in [-0.1, -0.05) is 30.4 Å². The number of benzene rings is 2. The number of rotatable bonds is 7. The predicted octanol–water partition coefficient (Wildman–Crippen LogP) is 4.19. The zero-order valence-corrected chi connectivity index (χ0v) is 16.3. The van der Waals surface area contributed by atoms with Crippen LogP contribution in [0, 0.1) is 0 Å². The molecule has 0 amide bonds. The molecule has 2 aromatic carbocycles. The molecule has 6 heteroatoms. The van der Waals surface area contributed by atoms with E-state index in [0.29, 0.717) is 35.4 Å². The number of imidazole rings is 1. The number of anilines is 1. The molecule has 3 rings (SSSR count). The van der Waals surface area contributed by atoms with Crippen molar-refractivity contribution < 1.29 is 9.47 Å². The number of para-hydroxylation sites is 1. The van der Waals surface area contributed by atoms with E-state index in [0.717, 1.165) is 22.3 Å². The maximum Gasteiger partial charge on any atom is 0.163 e. The maximum atomic E-state index is 5.72. The minimum absolute atomic E-state index is 0.567. The molecule has 0 aliphatic heterocycles. The van der Waals surface area contributed by atoms with E-state index in [1.165, 1.54) is 0 Å². The highest BCUT2D eigenvalue weighted by Gasteiger charge is 2.16. The third-order valence-corrected chi connectivity index (χ3v) is 4.41. The van der Waals surface area contributed by atoms with Crippen LogP contribution in [-0.2, 0) is 0 Å². The first-order valence-corrected chi connectivity index (χ1v) is 9.06. The van der Waals surface area contributed by atoms with Crippen molar-refractivity contribution in [1.82, 2.24) is 9.97 Å². The molecule has 0 bridgehead atoms. The molecule has 0 aliphatic carbocycles. The lowest BCUT2D eigenvalue weighted by molar-refractivity contribution is 0.288. The van der Waals surface area contributed by atoms with Gasteiger partial charge in [0.05, 0.1) is 29.1 Å². The van der Waals surface area contributed by atoms with Crippen molar-refractivity contribution in [3.8, 4) is 11.5 Å². The average Bonchev–Trinajstić information content (AvgIpc) is 3.04. The van der Waals surface area contributed by atoms with Crippen molar-refractivity contribution in [2.45, 2.75) is 13.8 Å². The summed E-state index contributed by atoms with van der Waals surface area (Å²) in [5.74, 6) is 2.07. The zero-order valence-electron chi connectivity index (χ0n) is 15.5. The summed E-state index contributed by atoms with van der Waals surface area (Å²) < 4.78 is 11.4. The van der Waals surface area contributed by atoms with Crippen molar-refractivity contribution in [1.29, 1.82) is 0 Å². The second-order valence-corrected chi connectivity index (χ2v) is 6.42. The van der Waals surface area contributed by atoms with E-state index in [-0.39, 0.29) is 0 Å². The van der Waals surface area contributed by atoms with Crippen molar-refractivity contribution in [2.75, 3.05) is 32.2 Å². The van der Waals surface area contributed by atoms with E-state index in [4.69, 9.17) is 21.7 Å². The molecule has 136 valence electrons. The number of aromatic amines is 1. The van der Waals surface area contributed by atoms with Gasteiger partial charge in [-0.05, 0) is 19.9 Å². The Morgan fingerprint density at radius 1 is 1.08 bits per heavy atom. The summed E-state index contributed by atoms with van der Waals surface area (Å²) in [5, 5.41) is 0. The van der Waals surface area contributed by atoms with Crippen LogP contribution in [0.1, 0.15) is 25.2 Å². The Morgan fingerprint density at radius 2 is 1.73 bits per heavy atom. The lowest BCUT2D eigenvalue weighted by atomic mass is 10.1. The largest absolute Gasteiger partial charge is 0.490 e. The van der Waals surface area contributed by atoms with Gasteiger partial charge in [0.25, 0.3) is 0 Å². The van der Waals surface area contributed by atoms with Gasteiger partial charge in [-0.3, -0.25) is 0 Å². The van der Waals surface area contributed by atoms with Gasteiger partial charge in [0.2, 0.25) is 0 Å². The quantitative estimate of drug-likeness (QED) is 0.500. The molecule has 5 nitrogen and oxygen atoms in total. The topological polar surface area (TPSA) is 50.4 Å². The highest BCUT2D eigenvalue weighted by atomic mass is 32.1. The summed E-state index contributed by atoms with van der Waals surface area (Å²) in [4.78, 5) is 10.7. The van der Waals surface area contributed by atoms with Gasteiger partial charge in [0.1, 0.15) is 5.82 Å². The number of nitrogens with one attached hydrogen (secondary N) is 1. The van der Waals surface area contributed by atoms with Gasteiger partial charge >= 0.3 is 0 Å². The van der Waals surface area contributed by atoms with Crippen LogP contribution in [0.2, 0.25) is 0 Å². The molecule has 0 saturated heterocycles. The van der Waals surface area contributed by atoms with E-state index >= 15 is 0 Å². The van der Waals surface area contributed by atoms with E-state index in [1.807, 2.05) is 69.2 Å². The second-order valence-electron chi connectivity index (χ2n) is 6.01. The van der Waals surface area contributed by atoms with Gasteiger partial charge in [0, 0.05) is 37.5 Å². The van der Waals surface area contributed by atoms with Crippen molar-refractivity contribution >= 4 is 33.8 Å². The van der Waals surface area contributed by atoms with Crippen LogP contribution in [0.15, 0.2) is 36.4 Å². The molecule has 26 heavy (non-hydrogen) atoms. The molecule has 0 aliphatic rings. The molecule has 1 aromatic heterocycles. The Labute approximate surface area is 158 Å². The van der Waals surface area contributed by atoms with Crippen LogP contribution in [0.5, 0.6) is 11.5 Å². The van der Waals surface area contributed by atoms with E-state index < -0.39 is 0 Å². The number of hydrogen-bond donors (Lipinski definition) is 1. The van der Waals surface area contributed by atoms with Crippen molar-refractivity contribution in [3.63, 3.8) is 0 Å². The molecule has 1 heterocycles. The first kappa shape index (κ1) is 18.2. The van der Waals surface area contributed by atoms with Gasteiger partial charge in [-0.25, -0.2) is 4.98 Å². The summed E-state index contributed by atoms with van der Waals surface area (Å²) in [6.07, 6.45) is 0. The Morgan fingerprint density at radius 3 is 2.38 bits per heavy atom. The summed E-state index contributed by atoms with van der Waals surface area (Å²) in [7, 11) is 4.01. The van der Waals surface area contributed by atoms with Gasteiger partial charge < -0.3 is 19.4 Å². The molecule has 0 saturated carbocycles. The predicted molar refractivity (Wildman–Crippen MR) is 110 cm³/mol. The minimum Gasteiger partial charge on any atom is -0.490 e. The fraction of sp³-hybridized carbons (Fsp3) is 0.300. The van der Waals surface area contributed by atoms with Crippen LogP contribution in [0.4, 0.5) is 5.69 Å². The van der Waals surface area contributed by atoms with Gasteiger partial charge in [-0.2, -0.15) is 0 Å². The minimum atomic E-state index is 0.567. The molecule has 3 aromatic rings. The summed E-state index contributed by atoms with van der Waals surface area (Å²) in [6, 6.07) is 11.9. The molecule has 0 spiro atoms. The number of aromatic nitrogens is 2. The van der Waals surface area contributed by atoms with E-state index in [2.05, 4.69) is 9.97 Å². The molecule has 1 N–H and O–H groups in total. The second kappa shape index (κ2) is 7.74. The van der Waals surface area contributed by atoms with Crippen LogP contribution < -0.4 is 14.4 Å². The molecular formula is C20H23N3O2S. The zero-order chi connectivity index (χ0) is 18.7. The van der Waals surface area contributed by atoms with Crippen LogP contribution in [-0.4, -0.2) is 42.1 Å². The molecule has 0 atom stereocenters. The van der Waals surface area contributed by atoms with Crippen molar-refractivity contribution in [3.05, 3.63) is 47.8 Å². The number of ether oxygens (including phenoxy) is 2. The monoisotopic (exact) mass is 369 g/mol. The van der Waals surface area contributed by atoms with Gasteiger partial charge in [0.15, 0.2) is 11.5 Å². The van der Waals surface area contributed by atoms with Crippen LogP contribution >= 0.6 is 12.2 Å². The first-order valence-electron chi connectivity index (χ1n) is 8.65. The number of nitrogens with zero attached hydrogens (tertiary/aromatic N) is 2. The third kappa shape index (κ3) is 3.51. The SMILES string of the molecule is CCOc1cc2nc(C(=S)c3ccccc3N(C)C)[nH]c2cc1OCC. The highest BCUT2D eigenvalue weighted by Crippen LogP contribution is 2.32. The Balaban J connectivity index is 2.05. The molecular weight excluding hydrogens is 346 g/mol. The maximum absolute atomic E-state index is 5.72. The normalized spacial score (nSPS) is 10.8. The van der Waals surface area contributed by atoms with Crippen molar-refractivity contribution in [2.24, 2.45) is 0 Å². The van der Waals surface area contributed by atoms with Crippen LogP contribution in [0.3, 0.4) is 0 Å². The molecule has 0 radical (unpaired) electrons. The molecule has 0 unspecified atom stereocenters. The van der Waals surface area contributed by atoms with Crippen LogP contribution in [0.25, 0.3) is 11.0 Å². The number of hydrogen-bond acceptors (Lipinski definition) is 5. The average molecular weight is 369 g/mol. The standard InChI is InChI=1S/C20H23N3O2S/c1-5-24-17-11-14-15(12-18(17)25-6-2)22-20(21-14)19(26)13-9-7-8-10-16(13)23(3)4/h7-12H,5-6H2,1-4H3,(H,21,22). The highest BCUT2D eigenvalue weighted by molar-refractivity contribution is 7.81. The van der Waals surface area contributed by atoms with E-state index in [9.17, 15) is 0 Å². The Kier molecular flexibility index (Phi) is 5.42.